The van der Waals surface area contributed by atoms with E-state index in [4.69, 9.17) is 9.26 Å². The number of nitrogens with one attached hydrogen (secondary N) is 1. The third-order valence-corrected chi connectivity index (χ3v) is 5.65. The Labute approximate surface area is 158 Å². The Morgan fingerprint density at radius 1 is 1.30 bits per heavy atom. The monoisotopic (exact) mass is 373 g/mol. The molecule has 2 heterocycles. The van der Waals surface area contributed by atoms with Crippen molar-refractivity contribution in [1.82, 2.24) is 15.5 Å². The van der Waals surface area contributed by atoms with Gasteiger partial charge in [-0.3, -0.25) is 4.79 Å². The first-order chi connectivity index (χ1) is 12.8. The number of carbonyl (C=O) groups is 2. The van der Waals surface area contributed by atoms with E-state index >= 15 is 0 Å². The zero-order valence-electron chi connectivity index (χ0n) is 16.5. The minimum atomic E-state index is -0.884. The van der Waals surface area contributed by atoms with E-state index in [-0.39, 0.29) is 11.9 Å². The van der Waals surface area contributed by atoms with Crippen molar-refractivity contribution in [2.24, 2.45) is 11.8 Å². The molecule has 1 aliphatic rings. The van der Waals surface area contributed by atoms with Gasteiger partial charge in [-0.25, -0.2) is 9.78 Å². The predicted octanol–water partition coefficient (Wildman–Crippen LogP) is 3.33. The van der Waals surface area contributed by atoms with Gasteiger partial charge in [-0.05, 0) is 45.1 Å². The highest BCUT2D eigenvalue weighted by Crippen LogP contribution is 2.29. The summed E-state index contributed by atoms with van der Waals surface area (Å²) in [5.74, 6) is 0.141. The second-order valence-corrected chi connectivity index (χ2v) is 7.69. The van der Waals surface area contributed by atoms with E-state index in [2.05, 4.69) is 29.3 Å². The average Bonchev–Trinajstić information content (AvgIpc) is 2.98. The fraction of sp³-hybridized carbons (Fsp3) is 0.600. The first-order valence-corrected chi connectivity index (χ1v) is 9.53. The minimum absolute atomic E-state index is 0.123. The highest BCUT2D eigenvalue weighted by atomic mass is 16.5. The SMILES string of the molecule is Cc1cc(C(=O)OC(C)C(=O)NC2CCCC(C)C2C)c2c(C)noc2n1. The summed E-state index contributed by atoms with van der Waals surface area (Å²) in [5.41, 5.74) is 1.79. The van der Waals surface area contributed by atoms with Crippen LogP contribution < -0.4 is 5.32 Å². The van der Waals surface area contributed by atoms with Crippen LogP contribution in [0.4, 0.5) is 0 Å². The van der Waals surface area contributed by atoms with Gasteiger partial charge in [0.1, 0.15) is 0 Å². The molecule has 27 heavy (non-hydrogen) atoms. The van der Waals surface area contributed by atoms with Gasteiger partial charge >= 0.3 is 5.97 Å². The molecule has 1 amide bonds. The van der Waals surface area contributed by atoms with Gasteiger partial charge < -0.3 is 14.6 Å². The lowest BCUT2D eigenvalue weighted by molar-refractivity contribution is -0.130. The number of ether oxygens (including phenoxy) is 1. The molecular weight excluding hydrogens is 346 g/mol. The molecule has 0 radical (unpaired) electrons. The molecule has 4 unspecified atom stereocenters. The highest BCUT2D eigenvalue weighted by Gasteiger charge is 2.30. The second kappa shape index (κ2) is 7.66. The van der Waals surface area contributed by atoms with Crippen LogP contribution >= 0.6 is 0 Å². The number of hydrogen-bond acceptors (Lipinski definition) is 6. The van der Waals surface area contributed by atoms with Crippen LogP contribution in [0.3, 0.4) is 0 Å². The molecule has 2 aromatic rings. The van der Waals surface area contributed by atoms with Crippen LogP contribution in [0, 0.1) is 25.7 Å². The molecule has 0 spiro atoms. The lowest BCUT2D eigenvalue weighted by Crippen LogP contribution is -2.47. The Morgan fingerprint density at radius 3 is 2.78 bits per heavy atom. The number of pyridine rings is 1. The van der Waals surface area contributed by atoms with E-state index in [0.717, 1.165) is 12.8 Å². The number of fused-ring (bicyclic) bond motifs is 1. The Balaban J connectivity index is 1.70. The van der Waals surface area contributed by atoms with Gasteiger partial charge in [0.25, 0.3) is 11.6 Å². The van der Waals surface area contributed by atoms with Gasteiger partial charge in [-0.15, -0.1) is 0 Å². The Hall–Kier alpha value is -2.44. The Bertz CT molecular complexity index is 860. The molecule has 3 rings (SSSR count). The number of nitrogens with zero attached hydrogens (tertiary/aromatic N) is 2. The number of hydrogen-bond donors (Lipinski definition) is 1. The number of rotatable bonds is 4. The fourth-order valence-electron chi connectivity index (χ4n) is 3.74. The molecule has 0 aromatic carbocycles. The van der Waals surface area contributed by atoms with Gasteiger partial charge in [-0.1, -0.05) is 31.8 Å². The van der Waals surface area contributed by atoms with Crippen LogP contribution in [0.25, 0.3) is 11.1 Å². The van der Waals surface area contributed by atoms with E-state index in [1.807, 2.05) is 0 Å². The molecule has 1 saturated carbocycles. The van der Waals surface area contributed by atoms with Crippen LogP contribution in [0.15, 0.2) is 10.6 Å². The van der Waals surface area contributed by atoms with E-state index in [1.165, 1.54) is 6.42 Å². The number of amides is 1. The average molecular weight is 373 g/mol. The maximum absolute atomic E-state index is 12.7. The summed E-state index contributed by atoms with van der Waals surface area (Å²) >= 11 is 0. The molecule has 146 valence electrons. The van der Waals surface area contributed by atoms with Crippen molar-refractivity contribution in [3.05, 3.63) is 23.0 Å². The largest absolute Gasteiger partial charge is 0.449 e. The van der Waals surface area contributed by atoms with Gasteiger partial charge in [0, 0.05) is 11.7 Å². The number of esters is 1. The van der Waals surface area contributed by atoms with E-state index in [9.17, 15) is 9.59 Å². The molecule has 1 N–H and O–H groups in total. The molecular formula is C20H27N3O4. The van der Waals surface area contributed by atoms with Crippen LogP contribution in [0.1, 0.15) is 61.8 Å². The van der Waals surface area contributed by atoms with Crippen LogP contribution in [-0.4, -0.2) is 34.2 Å². The minimum Gasteiger partial charge on any atom is -0.449 e. The molecule has 4 atom stereocenters. The first-order valence-electron chi connectivity index (χ1n) is 9.53. The van der Waals surface area contributed by atoms with Gasteiger partial charge in [-0.2, -0.15) is 0 Å². The maximum Gasteiger partial charge on any atom is 0.339 e. The summed E-state index contributed by atoms with van der Waals surface area (Å²) in [6.45, 7) is 9.47. The standard InChI is InChI=1S/C20H27N3O4/c1-10-7-6-8-16(12(10)3)22-18(24)14(5)26-20(25)15-9-11(2)21-19-17(15)13(4)23-27-19/h9-10,12,14,16H,6-8H2,1-5H3,(H,22,24). The number of aromatic nitrogens is 2. The molecule has 7 heteroatoms. The topological polar surface area (TPSA) is 94.3 Å². The maximum atomic E-state index is 12.7. The molecule has 0 bridgehead atoms. The van der Waals surface area contributed by atoms with Crippen LogP contribution in [0.2, 0.25) is 0 Å². The number of aryl methyl sites for hydroxylation is 2. The lowest BCUT2D eigenvalue weighted by Gasteiger charge is -2.35. The van der Waals surface area contributed by atoms with Crippen molar-refractivity contribution < 1.29 is 18.8 Å². The summed E-state index contributed by atoms with van der Waals surface area (Å²) in [4.78, 5) is 29.5. The molecule has 0 aliphatic heterocycles. The first kappa shape index (κ1) is 19.3. The van der Waals surface area contributed by atoms with Gasteiger partial charge in [0.15, 0.2) is 6.10 Å². The van der Waals surface area contributed by atoms with E-state index in [0.29, 0.717) is 39.9 Å². The van der Waals surface area contributed by atoms with Crippen molar-refractivity contribution >= 4 is 23.0 Å². The smallest absolute Gasteiger partial charge is 0.339 e. The van der Waals surface area contributed by atoms with E-state index < -0.39 is 12.1 Å². The predicted molar refractivity (Wildman–Crippen MR) is 100 cm³/mol. The zero-order valence-corrected chi connectivity index (χ0v) is 16.5. The van der Waals surface area contributed by atoms with Crippen molar-refractivity contribution in [3.8, 4) is 0 Å². The Morgan fingerprint density at radius 2 is 2.04 bits per heavy atom. The molecule has 0 saturated heterocycles. The third-order valence-electron chi connectivity index (χ3n) is 5.65. The summed E-state index contributed by atoms with van der Waals surface area (Å²) in [7, 11) is 0. The summed E-state index contributed by atoms with van der Waals surface area (Å²) < 4.78 is 10.6. The van der Waals surface area contributed by atoms with Crippen molar-refractivity contribution in [2.45, 2.75) is 66.0 Å². The molecule has 2 aromatic heterocycles. The van der Waals surface area contributed by atoms with Crippen molar-refractivity contribution in [3.63, 3.8) is 0 Å². The fourth-order valence-corrected chi connectivity index (χ4v) is 3.74. The third kappa shape index (κ3) is 3.96. The highest BCUT2D eigenvalue weighted by molar-refractivity contribution is 6.04. The van der Waals surface area contributed by atoms with Crippen LogP contribution in [0.5, 0.6) is 0 Å². The summed E-state index contributed by atoms with van der Waals surface area (Å²) in [5, 5.41) is 7.43. The normalized spacial score (nSPS) is 23.8. The molecule has 7 nitrogen and oxygen atoms in total. The molecule has 1 fully saturated rings. The molecule has 1 aliphatic carbocycles. The summed E-state index contributed by atoms with van der Waals surface area (Å²) in [6.07, 6.45) is 2.37. The van der Waals surface area contributed by atoms with E-state index in [1.54, 1.807) is 26.8 Å². The van der Waals surface area contributed by atoms with Crippen molar-refractivity contribution in [2.75, 3.05) is 0 Å². The lowest BCUT2D eigenvalue weighted by atomic mass is 9.78. The van der Waals surface area contributed by atoms with Crippen molar-refractivity contribution in [1.29, 1.82) is 0 Å². The van der Waals surface area contributed by atoms with Crippen LogP contribution in [-0.2, 0) is 9.53 Å². The zero-order chi connectivity index (χ0) is 19.7. The quantitative estimate of drug-likeness (QED) is 0.826. The van der Waals surface area contributed by atoms with Gasteiger partial charge in [0.2, 0.25) is 0 Å². The number of carbonyl (C=O) groups excluding carboxylic acids is 2. The summed E-state index contributed by atoms with van der Waals surface area (Å²) in [6, 6.07) is 1.75. The second-order valence-electron chi connectivity index (χ2n) is 7.69. The van der Waals surface area contributed by atoms with Gasteiger partial charge in [0.05, 0.1) is 16.6 Å². The Kier molecular flexibility index (Phi) is 5.48.